The maximum atomic E-state index is 2.46. The minimum absolute atomic E-state index is 0.850. The van der Waals surface area contributed by atoms with Crippen LogP contribution in [-0.4, -0.2) is 0 Å². The molecule has 0 saturated heterocycles. The zero-order valence-corrected chi connectivity index (χ0v) is 14.5. The van der Waals surface area contributed by atoms with E-state index in [4.69, 9.17) is 0 Å². The van der Waals surface area contributed by atoms with Crippen LogP contribution in [-0.2, 0) is 6.42 Å². The van der Waals surface area contributed by atoms with Crippen molar-refractivity contribution in [2.45, 2.75) is 58.8 Å². The Hall–Kier alpha value is -0.0500. The molecule has 0 spiro atoms. The molecule has 2 rings (SSSR count). The van der Waals surface area contributed by atoms with Gasteiger partial charge in [-0.15, -0.1) is 0 Å². The fourth-order valence-electron chi connectivity index (χ4n) is 3.61. The molecule has 0 N–H and O–H groups in total. The zero-order valence-electron chi connectivity index (χ0n) is 12.4. The predicted octanol–water partition coefficient (Wildman–Crippen LogP) is 6.08. The summed E-state index contributed by atoms with van der Waals surface area (Å²) in [5.41, 5.74) is 1.52. The third-order valence-corrected chi connectivity index (χ3v) is 5.58. The molecule has 1 aliphatic carbocycles. The highest BCUT2D eigenvalue weighted by Crippen LogP contribution is 2.36. The summed E-state index contributed by atoms with van der Waals surface area (Å²) in [6.45, 7) is 4.79. The van der Waals surface area contributed by atoms with Gasteiger partial charge in [0.2, 0.25) is 0 Å². The third kappa shape index (κ3) is 4.77. The SMILES string of the molecule is CCCC1CCC(C(C)Cc2ccc(I)cc2)CC1. The highest BCUT2D eigenvalue weighted by molar-refractivity contribution is 14.1. The fourth-order valence-corrected chi connectivity index (χ4v) is 3.97. The van der Waals surface area contributed by atoms with E-state index in [9.17, 15) is 0 Å². The lowest BCUT2D eigenvalue weighted by molar-refractivity contribution is 0.206. The van der Waals surface area contributed by atoms with Crippen molar-refractivity contribution in [3.05, 3.63) is 33.4 Å². The topological polar surface area (TPSA) is 0 Å². The molecule has 1 atom stereocenters. The smallest absolute Gasteiger partial charge is 0.0130 e. The lowest BCUT2D eigenvalue weighted by Gasteiger charge is -2.32. The molecular formula is C18H27I. The van der Waals surface area contributed by atoms with E-state index < -0.39 is 0 Å². The Morgan fingerprint density at radius 1 is 1.11 bits per heavy atom. The molecule has 0 aliphatic heterocycles. The summed E-state index contributed by atoms with van der Waals surface area (Å²) in [4.78, 5) is 0. The van der Waals surface area contributed by atoms with Gasteiger partial charge in [-0.05, 0) is 77.3 Å². The van der Waals surface area contributed by atoms with Crippen LogP contribution in [0.3, 0.4) is 0 Å². The van der Waals surface area contributed by atoms with Gasteiger partial charge in [-0.2, -0.15) is 0 Å². The molecular weight excluding hydrogens is 343 g/mol. The van der Waals surface area contributed by atoms with E-state index in [-0.39, 0.29) is 0 Å². The number of rotatable bonds is 5. The summed E-state index contributed by atoms with van der Waals surface area (Å²) in [7, 11) is 0. The van der Waals surface area contributed by atoms with E-state index in [1.165, 1.54) is 54.1 Å². The van der Waals surface area contributed by atoms with E-state index in [0.29, 0.717) is 0 Å². The Kier molecular flexibility index (Phi) is 6.18. The van der Waals surface area contributed by atoms with Gasteiger partial charge in [-0.3, -0.25) is 0 Å². The maximum absolute atomic E-state index is 2.46. The third-order valence-electron chi connectivity index (χ3n) is 4.86. The van der Waals surface area contributed by atoms with Gasteiger partial charge in [0.15, 0.2) is 0 Å². The van der Waals surface area contributed by atoms with Crippen molar-refractivity contribution in [1.29, 1.82) is 0 Å². The molecule has 0 amide bonds. The van der Waals surface area contributed by atoms with Crippen LogP contribution in [0.4, 0.5) is 0 Å². The van der Waals surface area contributed by atoms with E-state index in [1.807, 2.05) is 0 Å². The average Bonchev–Trinajstić information content (AvgIpc) is 2.42. The summed E-state index contributed by atoms with van der Waals surface area (Å²) in [5.74, 6) is 2.85. The molecule has 1 aromatic carbocycles. The zero-order chi connectivity index (χ0) is 13.7. The second kappa shape index (κ2) is 7.66. The van der Waals surface area contributed by atoms with Crippen molar-refractivity contribution in [3.63, 3.8) is 0 Å². The van der Waals surface area contributed by atoms with Crippen molar-refractivity contribution < 1.29 is 0 Å². The predicted molar refractivity (Wildman–Crippen MR) is 92.4 cm³/mol. The maximum Gasteiger partial charge on any atom is 0.0130 e. The van der Waals surface area contributed by atoms with Crippen LogP contribution in [0.15, 0.2) is 24.3 Å². The van der Waals surface area contributed by atoms with Crippen molar-refractivity contribution in [3.8, 4) is 0 Å². The number of hydrogen-bond acceptors (Lipinski definition) is 0. The number of hydrogen-bond donors (Lipinski definition) is 0. The van der Waals surface area contributed by atoms with Crippen molar-refractivity contribution in [2.24, 2.45) is 17.8 Å². The summed E-state index contributed by atoms with van der Waals surface area (Å²) in [6, 6.07) is 9.09. The Morgan fingerprint density at radius 3 is 2.32 bits per heavy atom. The Balaban J connectivity index is 1.81. The molecule has 106 valence electrons. The monoisotopic (exact) mass is 370 g/mol. The van der Waals surface area contributed by atoms with Gasteiger partial charge in [-0.25, -0.2) is 0 Å². The largest absolute Gasteiger partial charge is 0.0654 e. The summed E-state index contributed by atoms with van der Waals surface area (Å²) in [5, 5.41) is 0. The van der Waals surface area contributed by atoms with Crippen LogP contribution >= 0.6 is 22.6 Å². The van der Waals surface area contributed by atoms with Gasteiger partial charge in [0.1, 0.15) is 0 Å². The van der Waals surface area contributed by atoms with Crippen LogP contribution in [0, 0.1) is 21.3 Å². The highest BCUT2D eigenvalue weighted by Gasteiger charge is 2.24. The molecule has 1 heteroatoms. The van der Waals surface area contributed by atoms with E-state index in [1.54, 1.807) is 0 Å². The van der Waals surface area contributed by atoms with Crippen LogP contribution in [0.2, 0.25) is 0 Å². The molecule has 1 saturated carbocycles. The van der Waals surface area contributed by atoms with E-state index >= 15 is 0 Å². The first kappa shape index (κ1) is 15.3. The summed E-state index contributed by atoms with van der Waals surface area (Å²) >= 11 is 2.38. The molecule has 0 nitrogen and oxygen atoms in total. The van der Waals surface area contributed by atoms with Crippen molar-refractivity contribution >= 4 is 22.6 Å². The summed E-state index contributed by atoms with van der Waals surface area (Å²) < 4.78 is 1.34. The van der Waals surface area contributed by atoms with Gasteiger partial charge < -0.3 is 0 Å². The molecule has 1 fully saturated rings. The normalized spacial score (nSPS) is 25.2. The molecule has 0 bridgehead atoms. The number of halogens is 1. The van der Waals surface area contributed by atoms with E-state index in [2.05, 4.69) is 60.7 Å². The number of benzene rings is 1. The standard InChI is InChI=1S/C18H27I/c1-3-4-15-5-9-17(10-6-15)14(2)13-16-7-11-18(19)12-8-16/h7-8,11-12,14-15,17H,3-6,9-10,13H2,1-2H3. The fraction of sp³-hybridized carbons (Fsp3) is 0.667. The molecule has 1 aliphatic rings. The first-order valence-corrected chi connectivity index (χ1v) is 9.01. The second-order valence-corrected chi connectivity index (χ2v) is 7.62. The molecule has 0 radical (unpaired) electrons. The Bertz CT molecular complexity index is 360. The summed E-state index contributed by atoms with van der Waals surface area (Å²) in [6.07, 6.45) is 9.99. The van der Waals surface area contributed by atoms with Crippen LogP contribution in [0.25, 0.3) is 0 Å². The Labute approximate surface area is 132 Å². The van der Waals surface area contributed by atoms with Crippen LogP contribution in [0.5, 0.6) is 0 Å². The molecule has 0 heterocycles. The lowest BCUT2D eigenvalue weighted by Crippen LogP contribution is -2.21. The minimum Gasteiger partial charge on any atom is -0.0654 e. The van der Waals surface area contributed by atoms with E-state index in [0.717, 1.165) is 17.8 Å². The van der Waals surface area contributed by atoms with Gasteiger partial charge in [0, 0.05) is 3.57 Å². The van der Waals surface area contributed by atoms with Crippen LogP contribution < -0.4 is 0 Å². The second-order valence-electron chi connectivity index (χ2n) is 6.38. The first-order valence-electron chi connectivity index (χ1n) is 7.93. The Morgan fingerprint density at radius 2 is 1.74 bits per heavy atom. The molecule has 19 heavy (non-hydrogen) atoms. The quantitative estimate of drug-likeness (QED) is 0.552. The average molecular weight is 370 g/mol. The van der Waals surface area contributed by atoms with Crippen molar-refractivity contribution in [2.75, 3.05) is 0 Å². The highest BCUT2D eigenvalue weighted by atomic mass is 127. The van der Waals surface area contributed by atoms with Crippen LogP contribution in [0.1, 0.15) is 57.9 Å². The van der Waals surface area contributed by atoms with Gasteiger partial charge in [-0.1, -0.05) is 51.7 Å². The van der Waals surface area contributed by atoms with Crippen molar-refractivity contribution in [1.82, 2.24) is 0 Å². The minimum atomic E-state index is 0.850. The molecule has 0 aromatic heterocycles. The van der Waals surface area contributed by atoms with Gasteiger partial charge in [0.25, 0.3) is 0 Å². The van der Waals surface area contributed by atoms with Gasteiger partial charge in [0.05, 0.1) is 0 Å². The molecule has 1 aromatic rings. The first-order chi connectivity index (χ1) is 9.19. The lowest BCUT2D eigenvalue weighted by atomic mass is 9.74. The molecule has 1 unspecified atom stereocenters. The van der Waals surface area contributed by atoms with Gasteiger partial charge >= 0.3 is 0 Å².